The van der Waals surface area contributed by atoms with E-state index in [1.165, 1.54) is 48.4 Å². The van der Waals surface area contributed by atoms with Crippen LogP contribution in [0, 0.1) is 0 Å². The minimum Gasteiger partial charge on any atom is -0.309 e. The lowest BCUT2D eigenvalue weighted by Crippen LogP contribution is -2.16. The average Bonchev–Trinajstić information content (AvgIpc) is 3.79. The van der Waals surface area contributed by atoms with Gasteiger partial charge in [-0.25, -0.2) is 9.97 Å². The number of fused-ring (bicyclic) bond motifs is 8. The van der Waals surface area contributed by atoms with Gasteiger partial charge in [0.05, 0.1) is 44.0 Å². The fourth-order valence-electron chi connectivity index (χ4n) is 8.76. The van der Waals surface area contributed by atoms with Gasteiger partial charge < -0.3 is 9.47 Å². The van der Waals surface area contributed by atoms with Crippen LogP contribution in [0.2, 0.25) is 0 Å². The zero-order chi connectivity index (χ0) is 36.0. The molecule has 55 heavy (non-hydrogen) atoms. The van der Waals surface area contributed by atoms with Gasteiger partial charge in [-0.05, 0) is 71.6 Å². The number of thiophene rings is 1. The van der Waals surface area contributed by atoms with E-state index in [0.717, 1.165) is 55.2 Å². The van der Waals surface area contributed by atoms with Gasteiger partial charge in [0.2, 0.25) is 0 Å². The number of hydrogen-bond donors (Lipinski definition) is 0. The second kappa shape index (κ2) is 11.7. The molecular formula is C50H30N4S. The minimum absolute atomic E-state index is 0.706. The molecule has 0 unspecified atom stereocenters. The summed E-state index contributed by atoms with van der Waals surface area (Å²) in [5.41, 5.74) is 13.3. The maximum absolute atomic E-state index is 5.56. The molecule has 8 aromatic carbocycles. The monoisotopic (exact) mass is 718 g/mol. The third kappa shape index (κ3) is 4.45. The SMILES string of the molecule is c1ccc(-n2c3ccccc3c3cc(-c4nc(-c5ccccc5N5c6ccccc6-c6cccc7cccc5c67)nc5c4sc4ccccc45)ccc32)cc1. The van der Waals surface area contributed by atoms with Gasteiger partial charge in [-0.1, -0.05) is 121 Å². The van der Waals surface area contributed by atoms with Crippen LogP contribution in [-0.4, -0.2) is 14.5 Å². The molecule has 5 heteroatoms. The molecule has 0 atom stereocenters. The Morgan fingerprint density at radius 1 is 0.455 bits per heavy atom. The molecule has 0 aliphatic carbocycles. The molecule has 4 nitrogen and oxygen atoms in total. The number of aromatic nitrogens is 3. The van der Waals surface area contributed by atoms with E-state index in [4.69, 9.17) is 9.97 Å². The van der Waals surface area contributed by atoms with E-state index >= 15 is 0 Å². The van der Waals surface area contributed by atoms with Crippen molar-refractivity contribution in [1.29, 1.82) is 0 Å². The normalized spacial score (nSPS) is 12.3. The van der Waals surface area contributed by atoms with Crippen LogP contribution >= 0.6 is 11.3 Å². The summed E-state index contributed by atoms with van der Waals surface area (Å²) in [6, 6.07) is 65.3. The van der Waals surface area contributed by atoms with Gasteiger partial charge in [0, 0.05) is 48.6 Å². The Morgan fingerprint density at radius 2 is 1.11 bits per heavy atom. The average molecular weight is 719 g/mol. The number of para-hydroxylation sites is 4. The molecular weight excluding hydrogens is 689 g/mol. The van der Waals surface area contributed by atoms with Crippen molar-refractivity contribution in [2.45, 2.75) is 0 Å². The fraction of sp³-hybridized carbons (Fsp3) is 0. The lowest BCUT2D eigenvalue weighted by atomic mass is 9.90. The standard InChI is InChI=1S/C50H30N4S/c1-2-16-33(17-3-1)53-40-23-8-5-19-35(40)39-30-32(28-29-43(39)53)47-49-48(38-21-7-11-27-45(38)55-49)52-50(51-47)37-20-6-10-25-42(37)54-41-24-9-4-18-34(41)36-22-12-14-31-15-13-26-44(54)46(31)36/h1-30H. The van der Waals surface area contributed by atoms with Crippen molar-refractivity contribution >= 4 is 81.3 Å². The van der Waals surface area contributed by atoms with Gasteiger partial charge in [-0.2, -0.15) is 0 Å². The molecule has 0 fully saturated rings. The first-order chi connectivity index (χ1) is 27.3. The molecule has 0 radical (unpaired) electrons. The molecule has 0 N–H and O–H groups in total. The van der Waals surface area contributed by atoms with Crippen LogP contribution in [0.1, 0.15) is 0 Å². The summed E-state index contributed by atoms with van der Waals surface area (Å²) < 4.78 is 4.66. The Morgan fingerprint density at radius 3 is 1.98 bits per heavy atom. The van der Waals surface area contributed by atoms with E-state index in [1.54, 1.807) is 11.3 Å². The van der Waals surface area contributed by atoms with Crippen LogP contribution in [0.25, 0.3) is 92.3 Å². The van der Waals surface area contributed by atoms with E-state index in [1.807, 2.05) is 0 Å². The smallest absolute Gasteiger partial charge is 0.162 e. The van der Waals surface area contributed by atoms with Gasteiger partial charge in [-0.15, -0.1) is 11.3 Å². The summed E-state index contributed by atoms with van der Waals surface area (Å²) in [6.07, 6.45) is 0. The van der Waals surface area contributed by atoms with Crippen molar-refractivity contribution < 1.29 is 0 Å². The summed E-state index contributed by atoms with van der Waals surface area (Å²) in [5.74, 6) is 0.706. The Hall–Kier alpha value is -7.08. The first kappa shape index (κ1) is 30.4. The molecule has 11 aromatic rings. The number of benzene rings is 8. The lowest BCUT2D eigenvalue weighted by Gasteiger charge is -2.34. The quantitative estimate of drug-likeness (QED) is 0.182. The number of anilines is 3. The van der Waals surface area contributed by atoms with Crippen molar-refractivity contribution in [3.63, 3.8) is 0 Å². The van der Waals surface area contributed by atoms with Crippen molar-refractivity contribution in [3.8, 4) is 39.5 Å². The number of nitrogens with zero attached hydrogens (tertiary/aromatic N) is 4. The highest BCUT2D eigenvalue weighted by molar-refractivity contribution is 7.26. The molecule has 0 spiro atoms. The molecule has 0 saturated carbocycles. The largest absolute Gasteiger partial charge is 0.309 e. The Balaban J connectivity index is 1.12. The number of hydrogen-bond acceptors (Lipinski definition) is 4. The van der Waals surface area contributed by atoms with Crippen LogP contribution in [0.15, 0.2) is 182 Å². The van der Waals surface area contributed by atoms with Gasteiger partial charge in [0.15, 0.2) is 5.82 Å². The maximum Gasteiger partial charge on any atom is 0.162 e. The number of rotatable bonds is 4. The Bertz CT molecular complexity index is 3330. The lowest BCUT2D eigenvalue weighted by molar-refractivity contribution is 1.18. The molecule has 12 rings (SSSR count). The zero-order valence-electron chi connectivity index (χ0n) is 29.5. The molecule has 1 aliphatic heterocycles. The highest BCUT2D eigenvalue weighted by Crippen LogP contribution is 2.52. The van der Waals surface area contributed by atoms with E-state index in [-0.39, 0.29) is 0 Å². The van der Waals surface area contributed by atoms with Gasteiger partial charge >= 0.3 is 0 Å². The molecule has 0 saturated heterocycles. The molecule has 0 bridgehead atoms. The molecule has 1 aliphatic rings. The highest BCUT2D eigenvalue weighted by atomic mass is 32.1. The van der Waals surface area contributed by atoms with E-state index < -0.39 is 0 Å². The predicted octanol–water partition coefficient (Wildman–Crippen LogP) is 13.9. The van der Waals surface area contributed by atoms with Gasteiger partial charge in [0.1, 0.15) is 0 Å². The summed E-state index contributed by atoms with van der Waals surface area (Å²) >= 11 is 1.77. The summed E-state index contributed by atoms with van der Waals surface area (Å²) in [4.78, 5) is 13.4. The third-order valence-electron chi connectivity index (χ3n) is 11.1. The van der Waals surface area contributed by atoms with E-state index in [9.17, 15) is 0 Å². The predicted molar refractivity (Wildman–Crippen MR) is 231 cm³/mol. The second-order valence-electron chi connectivity index (χ2n) is 14.1. The van der Waals surface area contributed by atoms with Gasteiger partial charge in [0.25, 0.3) is 0 Å². The van der Waals surface area contributed by atoms with E-state index in [2.05, 4.69) is 191 Å². The van der Waals surface area contributed by atoms with Crippen LogP contribution in [-0.2, 0) is 0 Å². The van der Waals surface area contributed by atoms with E-state index in [0.29, 0.717) is 5.82 Å². The second-order valence-corrected chi connectivity index (χ2v) is 15.2. The van der Waals surface area contributed by atoms with Crippen molar-refractivity contribution in [3.05, 3.63) is 182 Å². The molecule has 256 valence electrons. The first-order valence-electron chi connectivity index (χ1n) is 18.6. The van der Waals surface area contributed by atoms with Crippen LogP contribution in [0.5, 0.6) is 0 Å². The zero-order valence-corrected chi connectivity index (χ0v) is 30.3. The van der Waals surface area contributed by atoms with Crippen molar-refractivity contribution in [2.75, 3.05) is 4.90 Å². The Labute approximate surface area is 320 Å². The summed E-state index contributed by atoms with van der Waals surface area (Å²) in [7, 11) is 0. The maximum atomic E-state index is 5.56. The molecule has 4 heterocycles. The Kier molecular flexibility index (Phi) is 6.47. The van der Waals surface area contributed by atoms with Crippen molar-refractivity contribution in [2.24, 2.45) is 0 Å². The summed E-state index contributed by atoms with van der Waals surface area (Å²) in [5, 5.41) is 6.04. The highest BCUT2D eigenvalue weighted by Gasteiger charge is 2.28. The van der Waals surface area contributed by atoms with Gasteiger partial charge in [-0.3, -0.25) is 0 Å². The minimum atomic E-state index is 0.706. The molecule has 0 amide bonds. The van der Waals surface area contributed by atoms with Crippen LogP contribution in [0.4, 0.5) is 17.1 Å². The fourth-order valence-corrected chi connectivity index (χ4v) is 9.91. The molecule has 3 aromatic heterocycles. The first-order valence-corrected chi connectivity index (χ1v) is 19.4. The van der Waals surface area contributed by atoms with Crippen LogP contribution in [0.3, 0.4) is 0 Å². The van der Waals surface area contributed by atoms with Crippen LogP contribution < -0.4 is 4.90 Å². The summed E-state index contributed by atoms with van der Waals surface area (Å²) in [6.45, 7) is 0. The topological polar surface area (TPSA) is 34.0 Å². The van der Waals surface area contributed by atoms with Crippen molar-refractivity contribution in [1.82, 2.24) is 14.5 Å². The third-order valence-corrected chi connectivity index (χ3v) is 12.3.